The topological polar surface area (TPSA) is 87.9 Å². The van der Waals surface area contributed by atoms with Crippen LogP contribution in [0.4, 0.5) is 0 Å². The van der Waals surface area contributed by atoms with Crippen molar-refractivity contribution in [3.05, 3.63) is 28.8 Å². The van der Waals surface area contributed by atoms with E-state index in [1.54, 1.807) is 12.1 Å². The van der Waals surface area contributed by atoms with Crippen LogP contribution < -0.4 is 15.2 Å². The largest absolute Gasteiger partial charge is 0.493 e. The number of carbonyl (C=O) groups excluding carboxylic acids is 2. The van der Waals surface area contributed by atoms with Gasteiger partial charge in [0, 0.05) is 6.08 Å². The molecule has 0 aliphatic heterocycles. The van der Waals surface area contributed by atoms with Gasteiger partial charge < -0.3 is 19.9 Å². The molecule has 1 rings (SSSR count). The lowest BCUT2D eigenvalue weighted by Crippen LogP contribution is -2.29. The van der Waals surface area contributed by atoms with Crippen LogP contribution in [0.5, 0.6) is 11.5 Å². The number of amides is 1. The van der Waals surface area contributed by atoms with Crippen molar-refractivity contribution in [3.8, 4) is 11.5 Å². The van der Waals surface area contributed by atoms with E-state index in [1.807, 2.05) is 13.8 Å². The van der Waals surface area contributed by atoms with Gasteiger partial charge in [-0.05, 0) is 36.6 Å². The number of carbonyl (C=O) groups is 2. The molecule has 1 aromatic rings. The summed E-state index contributed by atoms with van der Waals surface area (Å²) in [5, 5.41) is 0.369. The van der Waals surface area contributed by atoms with Gasteiger partial charge >= 0.3 is 5.97 Å². The van der Waals surface area contributed by atoms with E-state index in [9.17, 15) is 9.59 Å². The van der Waals surface area contributed by atoms with Gasteiger partial charge in [0.15, 0.2) is 17.6 Å². The second-order valence-electron chi connectivity index (χ2n) is 5.55. The summed E-state index contributed by atoms with van der Waals surface area (Å²) in [6, 6.07) is 3.32. The lowest BCUT2D eigenvalue weighted by Gasteiger charge is -2.14. The number of benzene rings is 1. The predicted molar refractivity (Wildman–Crippen MR) is 92.1 cm³/mol. The van der Waals surface area contributed by atoms with Crippen LogP contribution in [0.1, 0.15) is 26.3 Å². The van der Waals surface area contributed by atoms with Gasteiger partial charge in [-0.15, -0.1) is 0 Å². The summed E-state index contributed by atoms with van der Waals surface area (Å²) in [4.78, 5) is 22.5. The molecule has 132 valence electrons. The van der Waals surface area contributed by atoms with Crippen LogP contribution in [-0.4, -0.2) is 31.7 Å². The Morgan fingerprint density at radius 2 is 1.96 bits per heavy atom. The maximum absolute atomic E-state index is 11.6. The molecule has 0 aromatic heterocycles. The van der Waals surface area contributed by atoms with Crippen molar-refractivity contribution in [2.45, 2.75) is 26.9 Å². The van der Waals surface area contributed by atoms with Crippen LogP contribution in [0.25, 0.3) is 6.08 Å². The van der Waals surface area contributed by atoms with Crippen LogP contribution in [0.3, 0.4) is 0 Å². The SMILES string of the molecule is COc1cc(/C=C/C(=O)O[C@@H](C)C(N)=O)cc(Cl)c1OCC(C)C. The van der Waals surface area contributed by atoms with Gasteiger partial charge in [0.25, 0.3) is 5.91 Å². The summed E-state index contributed by atoms with van der Waals surface area (Å²) in [5.41, 5.74) is 5.65. The molecule has 0 saturated heterocycles. The molecule has 0 aliphatic carbocycles. The van der Waals surface area contributed by atoms with E-state index in [4.69, 9.17) is 31.5 Å². The van der Waals surface area contributed by atoms with Gasteiger partial charge in [0.05, 0.1) is 18.7 Å². The summed E-state index contributed by atoms with van der Waals surface area (Å²) in [5.74, 6) is -0.145. The van der Waals surface area contributed by atoms with Gasteiger partial charge in [-0.2, -0.15) is 0 Å². The molecular weight excluding hydrogens is 334 g/mol. The van der Waals surface area contributed by atoms with Crippen molar-refractivity contribution in [3.63, 3.8) is 0 Å². The fourth-order valence-corrected chi connectivity index (χ4v) is 1.94. The molecule has 0 bridgehead atoms. The Labute approximate surface area is 146 Å². The van der Waals surface area contributed by atoms with Gasteiger partial charge in [-0.1, -0.05) is 25.4 Å². The van der Waals surface area contributed by atoms with E-state index in [0.717, 1.165) is 0 Å². The Kier molecular flexibility index (Phi) is 7.58. The zero-order chi connectivity index (χ0) is 18.3. The number of rotatable bonds is 8. The van der Waals surface area contributed by atoms with E-state index in [1.165, 1.54) is 26.2 Å². The summed E-state index contributed by atoms with van der Waals surface area (Å²) >= 11 is 6.22. The van der Waals surface area contributed by atoms with Crippen molar-refractivity contribution in [2.75, 3.05) is 13.7 Å². The van der Waals surface area contributed by atoms with Crippen molar-refractivity contribution < 1.29 is 23.8 Å². The molecule has 24 heavy (non-hydrogen) atoms. The first-order chi connectivity index (χ1) is 11.2. The standard InChI is InChI=1S/C17H22ClNO5/c1-10(2)9-23-16-13(18)7-12(8-14(16)22-4)5-6-15(20)24-11(3)17(19)21/h5-8,10-11H,9H2,1-4H3,(H2,19,21)/b6-5+/t11-/m0/s1. The van der Waals surface area contributed by atoms with Crippen LogP contribution in [0, 0.1) is 5.92 Å². The Morgan fingerprint density at radius 1 is 1.29 bits per heavy atom. The molecule has 6 nitrogen and oxygen atoms in total. The quantitative estimate of drug-likeness (QED) is 0.572. The van der Waals surface area contributed by atoms with Gasteiger partial charge in [0.2, 0.25) is 0 Å². The van der Waals surface area contributed by atoms with Crippen LogP contribution in [-0.2, 0) is 14.3 Å². The zero-order valence-electron chi connectivity index (χ0n) is 14.2. The van der Waals surface area contributed by atoms with Crippen molar-refractivity contribution in [1.29, 1.82) is 0 Å². The van der Waals surface area contributed by atoms with Crippen molar-refractivity contribution in [2.24, 2.45) is 11.7 Å². The molecule has 0 unspecified atom stereocenters. The summed E-state index contributed by atoms with van der Waals surface area (Å²) in [6.45, 7) is 5.95. The monoisotopic (exact) mass is 355 g/mol. The van der Waals surface area contributed by atoms with Crippen LogP contribution in [0.15, 0.2) is 18.2 Å². The minimum Gasteiger partial charge on any atom is -0.493 e. The van der Waals surface area contributed by atoms with Crippen molar-refractivity contribution >= 4 is 29.6 Å². The number of methoxy groups -OCH3 is 1. The number of hydrogen-bond donors (Lipinski definition) is 1. The molecule has 0 spiro atoms. The van der Waals surface area contributed by atoms with Gasteiger partial charge in [0.1, 0.15) is 0 Å². The van der Waals surface area contributed by atoms with E-state index in [0.29, 0.717) is 34.6 Å². The van der Waals surface area contributed by atoms with E-state index in [-0.39, 0.29) is 0 Å². The molecule has 1 aromatic carbocycles. The van der Waals surface area contributed by atoms with Crippen molar-refractivity contribution in [1.82, 2.24) is 0 Å². The third-order valence-corrected chi connectivity index (χ3v) is 3.20. The highest BCUT2D eigenvalue weighted by molar-refractivity contribution is 6.32. The average molecular weight is 356 g/mol. The number of halogens is 1. The Hall–Kier alpha value is -2.21. The number of ether oxygens (including phenoxy) is 3. The number of hydrogen-bond acceptors (Lipinski definition) is 5. The lowest BCUT2D eigenvalue weighted by atomic mass is 10.2. The highest BCUT2D eigenvalue weighted by atomic mass is 35.5. The maximum atomic E-state index is 11.6. The minimum atomic E-state index is -0.993. The van der Waals surface area contributed by atoms with Gasteiger partial charge in [-0.25, -0.2) is 4.79 Å². The minimum absolute atomic E-state index is 0.340. The number of primary amides is 1. The summed E-state index contributed by atoms with van der Waals surface area (Å²) < 4.78 is 15.8. The first-order valence-corrected chi connectivity index (χ1v) is 7.80. The molecule has 7 heteroatoms. The Bertz CT molecular complexity index is 628. The van der Waals surface area contributed by atoms with E-state index in [2.05, 4.69) is 0 Å². The average Bonchev–Trinajstić information content (AvgIpc) is 2.50. The maximum Gasteiger partial charge on any atom is 0.331 e. The Morgan fingerprint density at radius 3 is 2.50 bits per heavy atom. The molecule has 2 N–H and O–H groups in total. The van der Waals surface area contributed by atoms with Crippen LogP contribution in [0.2, 0.25) is 5.02 Å². The van der Waals surface area contributed by atoms with Crippen LogP contribution >= 0.6 is 11.6 Å². The highest BCUT2D eigenvalue weighted by Gasteiger charge is 2.14. The summed E-state index contributed by atoms with van der Waals surface area (Å²) in [7, 11) is 1.50. The molecule has 1 amide bonds. The fourth-order valence-electron chi connectivity index (χ4n) is 1.66. The normalized spacial score (nSPS) is 12.2. The highest BCUT2D eigenvalue weighted by Crippen LogP contribution is 2.37. The number of esters is 1. The summed E-state index contributed by atoms with van der Waals surface area (Å²) in [6.07, 6.45) is 1.68. The predicted octanol–water partition coefficient (Wildman–Crippen LogP) is 2.81. The smallest absolute Gasteiger partial charge is 0.331 e. The molecule has 0 saturated carbocycles. The molecule has 0 aliphatic rings. The molecule has 0 radical (unpaired) electrons. The molecule has 0 heterocycles. The zero-order valence-corrected chi connectivity index (χ0v) is 14.9. The second-order valence-corrected chi connectivity index (χ2v) is 5.96. The third-order valence-electron chi connectivity index (χ3n) is 2.92. The lowest BCUT2D eigenvalue weighted by molar-refractivity contribution is -0.148. The fraction of sp³-hybridized carbons (Fsp3) is 0.412. The van der Waals surface area contributed by atoms with Gasteiger partial charge in [-0.3, -0.25) is 4.79 Å². The number of nitrogens with two attached hydrogens (primary N) is 1. The molecule has 0 fully saturated rings. The molecule has 1 atom stereocenters. The molecular formula is C17H22ClNO5. The van der Waals surface area contributed by atoms with E-state index < -0.39 is 18.0 Å². The first-order valence-electron chi connectivity index (χ1n) is 7.43. The second kappa shape index (κ2) is 9.17. The first kappa shape index (κ1) is 19.8. The Balaban J connectivity index is 2.89. The third kappa shape index (κ3) is 6.12. The van der Waals surface area contributed by atoms with E-state index >= 15 is 0 Å².